The van der Waals surface area contributed by atoms with E-state index in [1.165, 1.54) is 4.90 Å². The number of carbonyl (C=O) groups is 2. The van der Waals surface area contributed by atoms with Crippen LogP contribution in [0.15, 0.2) is 30.3 Å². The molecule has 2 rings (SSSR count). The summed E-state index contributed by atoms with van der Waals surface area (Å²) in [4.78, 5) is 24.7. The monoisotopic (exact) mass is 232 g/mol. The Morgan fingerprint density at radius 1 is 1.41 bits per heavy atom. The predicted octanol–water partition coefficient (Wildman–Crippen LogP) is 0.924. The van der Waals surface area contributed by atoms with Crippen molar-refractivity contribution in [2.45, 2.75) is 25.4 Å². The Labute approximate surface area is 101 Å². The van der Waals surface area contributed by atoms with E-state index in [-0.39, 0.29) is 17.9 Å². The third-order valence-corrected chi connectivity index (χ3v) is 3.10. The number of nitrogens with zero attached hydrogens (tertiary/aromatic N) is 1. The molecule has 1 aliphatic rings. The van der Waals surface area contributed by atoms with Crippen LogP contribution < -0.4 is 5.32 Å². The molecule has 90 valence electrons. The first-order chi connectivity index (χ1) is 8.18. The topological polar surface area (TPSA) is 49.4 Å². The van der Waals surface area contributed by atoms with Crippen molar-refractivity contribution in [3.8, 4) is 0 Å². The molecule has 1 aromatic rings. The lowest BCUT2D eigenvalue weighted by Crippen LogP contribution is -2.42. The minimum absolute atomic E-state index is 0.0462. The standard InChI is InChI=1S/C13H16N2O2/c1-15-11(7-8-12(15)16)13(17)14-9-10-5-3-2-4-6-10/h2-6,11H,7-9H2,1H3,(H,14,17). The molecule has 0 aromatic heterocycles. The Kier molecular flexibility index (Phi) is 3.42. The number of carbonyl (C=O) groups excluding carboxylic acids is 2. The van der Waals surface area contributed by atoms with Crippen molar-refractivity contribution in [2.24, 2.45) is 0 Å². The number of benzene rings is 1. The van der Waals surface area contributed by atoms with Crippen LogP contribution in [0.25, 0.3) is 0 Å². The summed E-state index contributed by atoms with van der Waals surface area (Å²) in [6, 6.07) is 9.44. The maximum absolute atomic E-state index is 11.9. The Morgan fingerprint density at radius 2 is 2.12 bits per heavy atom. The average Bonchev–Trinajstić information content (AvgIpc) is 2.69. The summed E-state index contributed by atoms with van der Waals surface area (Å²) < 4.78 is 0. The van der Waals surface area contributed by atoms with Crippen molar-refractivity contribution in [2.75, 3.05) is 7.05 Å². The highest BCUT2D eigenvalue weighted by Crippen LogP contribution is 2.16. The van der Waals surface area contributed by atoms with Crippen LogP contribution in [0.1, 0.15) is 18.4 Å². The SMILES string of the molecule is CN1C(=O)CCC1C(=O)NCc1ccccc1. The van der Waals surface area contributed by atoms with Crippen molar-refractivity contribution in [1.82, 2.24) is 10.2 Å². The van der Waals surface area contributed by atoms with Crippen LogP contribution in [0.5, 0.6) is 0 Å². The van der Waals surface area contributed by atoms with E-state index in [0.29, 0.717) is 19.4 Å². The van der Waals surface area contributed by atoms with E-state index in [1.807, 2.05) is 30.3 Å². The van der Waals surface area contributed by atoms with Crippen molar-refractivity contribution < 1.29 is 9.59 Å². The van der Waals surface area contributed by atoms with Gasteiger partial charge in [-0.1, -0.05) is 30.3 Å². The minimum atomic E-state index is -0.300. The smallest absolute Gasteiger partial charge is 0.243 e. The van der Waals surface area contributed by atoms with Gasteiger partial charge in [-0.2, -0.15) is 0 Å². The first-order valence-corrected chi connectivity index (χ1v) is 5.76. The van der Waals surface area contributed by atoms with Gasteiger partial charge in [-0.3, -0.25) is 9.59 Å². The summed E-state index contributed by atoms with van der Waals surface area (Å²) in [5.41, 5.74) is 1.06. The lowest BCUT2D eigenvalue weighted by molar-refractivity contribution is -0.133. The zero-order valence-electron chi connectivity index (χ0n) is 9.85. The molecule has 4 nitrogen and oxygen atoms in total. The molecule has 1 atom stereocenters. The van der Waals surface area contributed by atoms with Crippen LogP contribution in [0.4, 0.5) is 0 Å². The maximum Gasteiger partial charge on any atom is 0.243 e. The van der Waals surface area contributed by atoms with Crippen LogP contribution in [0, 0.1) is 0 Å². The fourth-order valence-electron chi connectivity index (χ4n) is 2.01. The Bertz CT molecular complexity index is 417. The van der Waals surface area contributed by atoms with Crippen LogP contribution in [0.2, 0.25) is 0 Å². The molecule has 1 aliphatic heterocycles. The number of hydrogen-bond donors (Lipinski definition) is 1. The second-order valence-corrected chi connectivity index (χ2v) is 4.26. The van der Waals surface area contributed by atoms with Crippen LogP contribution in [-0.4, -0.2) is 29.8 Å². The van der Waals surface area contributed by atoms with Crippen LogP contribution in [0.3, 0.4) is 0 Å². The molecule has 1 unspecified atom stereocenters. The van der Waals surface area contributed by atoms with Gasteiger partial charge in [-0.05, 0) is 12.0 Å². The zero-order chi connectivity index (χ0) is 12.3. The molecular formula is C13H16N2O2. The van der Waals surface area contributed by atoms with Crippen LogP contribution in [-0.2, 0) is 16.1 Å². The molecule has 1 N–H and O–H groups in total. The van der Waals surface area contributed by atoms with Crippen LogP contribution >= 0.6 is 0 Å². The summed E-state index contributed by atoms with van der Waals surface area (Å²) in [5, 5.41) is 2.86. The third kappa shape index (κ3) is 2.64. The van der Waals surface area contributed by atoms with E-state index in [1.54, 1.807) is 7.05 Å². The summed E-state index contributed by atoms with van der Waals surface area (Å²) in [5.74, 6) is -0.0212. The number of likely N-dealkylation sites (tertiary alicyclic amines) is 1. The lowest BCUT2D eigenvalue weighted by atomic mass is 10.2. The van der Waals surface area contributed by atoms with Crippen molar-refractivity contribution >= 4 is 11.8 Å². The fourth-order valence-corrected chi connectivity index (χ4v) is 2.01. The third-order valence-electron chi connectivity index (χ3n) is 3.10. The predicted molar refractivity (Wildman–Crippen MR) is 64.1 cm³/mol. The van der Waals surface area contributed by atoms with Gasteiger partial charge in [-0.15, -0.1) is 0 Å². The highest BCUT2D eigenvalue weighted by atomic mass is 16.2. The second-order valence-electron chi connectivity index (χ2n) is 4.26. The number of amides is 2. The van der Waals surface area contributed by atoms with Crippen molar-refractivity contribution in [1.29, 1.82) is 0 Å². The van der Waals surface area contributed by atoms with E-state index in [4.69, 9.17) is 0 Å². The van der Waals surface area contributed by atoms with Gasteiger partial charge in [0.15, 0.2) is 0 Å². The number of likely N-dealkylation sites (N-methyl/N-ethyl adjacent to an activating group) is 1. The number of rotatable bonds is 3. The first kappa shape index (κ1) is 11.6. The second kappa shape index (κ2) is 4.99. The van der Waals surface area contributed by atoms with E-state index in [9.17, 15) is 9.59 Å². The van der Waals surface area contributed by atoms with Crippen molar-refractivity contribution in [3.05, 3.63) is 35.9 Å². The molecule has 4 heteroatoms. The molecule has 1 saturated heterocycles. The summed E-state index contributed by atoms with van der Waals surface area (Å²) in [7, 11) is 1.68. The molecule has 1 aromatic carbocycles. The molecule has 0 saturated carbocycles. The summed E-state index contributed by atoms with van der Waals surface area (Å²) in [6.07, 6.45) is 1.09. The summed E-state index contributed by atoms with van der Waals surface area (Å²) in [6.45, 7) is 0.512. The van der Waals surface area contributed by atoms with Gasteiger partial charge in [-0.25, -0.2) is 0 Å². The highest BCUT2D eigenvalue weighted by molar-refractivity contribution is 5.90. The molecule has 17 heavy (non-hydrogen) atoms. The maximum atomic E-state index is 11.9. The van der Waals surface area contributed by atoms with Gasteiger partial charge < -0.3 is 10.2 Å². The normalized spacial score (nSPS) is 19.5. The van der Waals surface area contributed by atoms with Gasteiger partial charge in [0.25, 0.3) is 0 Å². The highest BCUT2D eigenvalue weighted by Gasteiger charge is 2.32. The first-order valence-electron chi connectivity index (χ1n) is 5.76. The van der Waals surface area contributed by atoms with Gasteiger partial charge >= 0.3 is 0 Å². The van der Waals surface area contributed by atoms with E-state index in [0.717, 1.165) is 5.56 Å². The van der Waals surface area contributed by atoms with E-state index in [2.05, 4.69) is 5.32 Å². The van der Waals surface area contributed by atoms with Gasteiger partial charge in [0.1, 0.15) is 6.04 Å². The molecule has 1 heterocycles. The molecule has 0 bridgehead atoms. The molecule has 1 fully saturated rings. The van der Waals surface area contributed by atoms with E-state index >= 15 is 0 Å². The Morgan fingerprint density at radius 3 is 2.71 bits per heavy atom. The largest absolute Gasteiger partial charge is 0.350 e. The molecule has 0 spiro atoms. The molecule has 0 radical (unpaired) electrons. The average molecular weight is 232 g/mol. The minimum Gasteiger partial charge on any atom is -0.350 e. The fraction of sp³-hybridized carbons (Fsp3) is 0.385. The number of nitrogens with one attached hydrogen (secondary N) is 1. The van der Waals surface area contributed by atoms with Gasteiger partial charge in [0, 0.05) is 20.0 Å². The Hall–Kier alpha value is -1.84. The van der Waals surface area contributed by atoms with E-state index < -0.39 is 0 Å². The lowest BCUT2D eigenvalue weighted by Gasteiger charge is -2.19. The molecular weight excluding hydrogens is 216 g/mol. The Balaban J connectivity index is 1.88. The van der Waals surface area contributed by atoms with Gasteiger partial charge in [0.2, 0.25) is 11.8 Å². The summed E-state index contributed by atoms with van der Waals surface area (Å²) >= 11 is 0. The van der Waals surface area contributed by atoms with Gasteiger partial charge in [0.05, 0.1) is 0 Å². The zero-order valence-corrected chi connectivity index (χ0v) is 9.85. The molecule has 0 aliphatic carbocycles. The van der Waals surface area contributed by atoms with Crippen molar-refractivity contribution in [3.63, 3.8) is 0 Å². The quantitative estimate of drug-likeness (QED) is 0.842. The molecule has 2 amide bonds. The number of hydrogen-bond acceptors (Lipinski definition) is 2.